The number of rotatable bonds is 1. The van der Waals surface area contributed by atoms with Gasteiger partial charge in [0.25, 0.3) is 0 Å². The molecule has 0 N–H and O–H groups in total. The van der Waals surface area contributed by atoms with E-state index in [9.17, 15) is 1.37 Å². The predicted octanol–water partition coefficient (Wildman–Crippen LogP) is 18.2. The van der Waals surface area contributed by atoms with E-state index in [1.54, 1.807) is 0 Å². The minimum atomic E-state index is -0.358. The van der Waals surface area contributed by atoms with Crippen LogP contribution in [0.5, 0.6) is 23.0 Å². The van der Waals surface area contributed by atoms with Crippen molar-refractivity contribution in [3.63, 3.8) is 0 Å². The number of hydrogen-bond donors (Lipinski definition) is 0. The fourth-order valence-corrected chi connectivity index (χ4v) is 10.4. The molecule has 4 aliphatic heterocycles. The molecule has 356 valence electrons. The highest BCUT2D eigenvalue weighted by molar-refractivity contribution is 6.09. The summed E-state index contributed by atoms with van der Waals surface area (Å²) in [5.74, 6) is 3.11. The maximum absolute atomic E-state index is 9.29. The van der Waals surface area contributed by atoms with Crippen LogP contribution in [0, 0.1) is 0 Å². The van der Waals surface area contributed by atoms with Gasteiger partial charge in [0.15, 0.2) is 0 Å². The minimum Gasteiger partial charge on any atom is -0.457 e. The van der Waals surface area contributed by atoms with Crippen molar-refractivity contribution < 1.29 is 15.0 Å². The molecule has 0 saturated heterocycles. The molecule has 0 unspecified atom stereocenters. The average Bonchev–Trinajstić information content (AvgIpc) is 4.00. The first-order valence-electron chi connectivity index (χ1n) is 26.9. The van der Waals surface area contributed by atoms with E-state index < -0.39 is 0 Å². The SMILES string of the molecule is [2H]c1c([2H])c([2H])c2c(c1[2H])c1ccc3cc1n2-c1cc(C(C)(C)C)c(cn1)-c1ccc(cc1)Oc1ccccc1-c1cccc(-c2cc(C(C)(C)C)cc(C(C)(C)C)c2)c1N1CN(c2cccc(c2)O3)c2ccccc21. The van der Waals surface area contributed by atoms with Crippen LogP contribution in [-0.2, 0) is 16.2 Å². The molecule has 0 spiro atoms. The van der Waals surface area contributed by atoms with Crippen LogP contribution in [0.4, 0.5) is 22.7 Å². The van der Waals surface area contributed by atoms with Crippen LogP contribution in [0.15, 0.2) is 188 Å². The lowest BCUT2D eigenvalue weighted by atomic mass is 9.78. The van der Waals surface area contributed by atoms with E-state index in [2.05, 4.69) is 181 Å². The van der Waals surface area contributed by atoms with Crippen LogP contribution in [-0.4, -0.2) is 16.2 Å². The first-order valence-corrected chi connectivity index (χ1v) is 24.9. The van der Waals surface area contributed by atoms with Crippen molar-refractivity contribution in [2.45, 2.75) is 78.6 Å². The van der Waals surface area contributed by atoms with E-state index in [4.69, 9.17) is 18.6 Å². The largest absolute Gasteiger partial charge is 0.457 e. The summed E-state index contributed by atoms with van der Waals surface area (Å²) in [6.45, 7) is 20.7. The number of ether oxygens (including phenoxy) is 2. The molecule has 0 fully saturated rings. The molecule has 0 amide bonds. The van der Waals surface area contributed by atoms with Gasteiger partial charge in [-0.15, -0.1) is 0 Å². The average molecular weight is 945 g/mol. The fraction of sp³-hybridized carbons (Fsp3) is 0.197. The van der Waals surface area contributed by atoms with E-state index in [1.807, 2.05) is 59.3 Å². The predicted molar refractivity (Wildman–Crippen MR) is 300 cm³/mol. The lowest BCUT2D eigenvalue weighted by molar-refractivity contribution is 0.483. The number of fused-ring (bicyclic) bond motifs is 5. The van der Waals surface area contributed by atoms with Gasteiger partial charge in [0.1, 0.15) is 35.5 Å². The van der Waals surface area contributed by atoms with Crippen LogP contribution in [0.25, 0.3) is 61.0 Å². The van der Waals surface area contributed by atoms with Gasteiger partial charge in [-0.25, -0.2) is 4.98 Å². The highest BCUT2D eigenvalue weighted by atomic mass is 16.5. The van der Waals surface area contributed by atoms with Crippen molar-refractivity contribution in [1.29, 1.82) is 0 Å². The van der Waals surface area contributed by atoms with E-state index in [0.717, 1.165) is 67.4 Å². The van der Waals surface area contributed by atoms with E-state index in [-0.39, 0.29) is 40.4 Å². The standard InChI is InChI=1S/C66H60N4O2/c1-64(2,3)44-34-43(35-45(36-44)65(4,5)6)50-22-17-23-54-53-21-11-15-27-61(53)72-47-30-28-42(29-31-47)55-40-67-62(39-56(55)66(7,8)9)70-57-24-12-10-20-51(57)52-33-32-49(38-60(52)70)71-48-19-16-18-46(37-48)68-41-69(63(50)54)59-26-14-13-25-58(59)68/h10-40H,41H2,1-9H3/i10D,12D,20D,24D. The van der Waals surface area contributed by atoms with Crippen LogP contribution in [0.1, 0.15) is 84.5 Å². The van der Waals surface area contributed by atoms with Gasteiger partial charge in [-0.05, 0) is 111 Å². The third kappa shape index (κ3) is 7.86. The number of anilines is 4. The molecule has 6 heterocycles. The summed E-state index contributed by atoms with van der Waals surface area (Å²) in [6, 6.07) is 54.0. The summed E-state index contributed by atoms with van der Waals surface area (Å²) in [5, 5.41) is 1.09. The van der Waals surface area contributed by atoms with Gasteiger partial charge >= 0.3 is 0 Å². The number of pyridine rings is 1. The van der Waals surface area contributed by atoms with Crippen molar-refractivity contribution in [2.75, 3.05) is 16.5 Å². The molecule has 0 atom stereocenters. The van der Waals surface area contributed by atoms with Crippen LogP contribution in [0.2, 0.25) is 0 Å². The van der Waals surface area contributed by atoms with Gasteiger partial charge in [-0.3, -0.25) is 4.57 Å². The summed E-state index contributed by atoms with van der Waals surface area (Å²) in [4.78, 5) is 9.90. The zero-order valence-corrected chi connectivity index (χ0v) is 42.4. The zero-order valence-electron chi connectivity index (χ0n) is 46.4. The summed E-state index contributed by atoms with van der Waals surface area (Å²) in [6.07, 6.45) is 1.88. The van der Waals surface area contributed by atoms with E-state index in [1.165, 1.54) is 11.1 Å². The van der Waals surface area contributed by atoms with Gasteiger partial charge in [-0.1, -0.05) is 165 Å². The second-order valence-corrected chi connectivity index (χ2v) is 22.3. The van der Waals surface area contributed by atoms with Crippen molar-refractivity contribution in [3.05, 3.63) is 205 Å². The van der Waals surface area contributed by atoms with Crippen molar-refractivity contribution in [1.82, 2.24) is 9.55 Å². The molecular weight excluding hydrogens is 881 g/mol. The first kappa shape index (κ1) is 40.6. The van der Waals surface area contributed by atoms with Crippen LogP contribution >= 0.6 is 0 Å². The topological polar surface area (TPSA) is 42.8 Å². The molecule has 0 aliphatic carbocycles. The second-order valence-electron chi connectivity index (χ2n) is 22.3. The van der Waals surface area contributed by atoms with Gasteiger partial charge in [0, 0.05) is 57.0 Å². The third-order valence-electron chi connectivity index (χ3n) is 14.3. The number of hydrogen-bond acceptors (Lipinski definition) is 5. The molecule has 72 heavy (non-hydrogen) atoms. The molecule has 4 aliphatic rings. The monoisotopic (exact) mass is 944 g/mol. The molecule has 0 radical (unpaired) electrons. The second kappa shape index (κ2) is 16.8. The number of benzene rings is 8. The number of para-hydroxylation sites is 5. The van der Waals surface area contributed by atoms with Crippen molar-refractivity contribution in [2.24, 2.45) is 0 Å². The Kier molecular flexibility index (Phi) is 9.46. The molecule has 10 aromatic rings. The number of nitrogens with zero attached hydrogens (tertiary/aromatic N) is 4. The van der Waals surface area contributed by atoms with Gasteiger partial charge in [0.2, 0.25) is 0 Å². The molecule has 8 aromatic carbocycles. The molecule has 10 bridgehead atoms. The van der Waals surface area contributed by atoms with Crippen LogP contribution < -0.4 is 19.3 Å². The Morgan fingerprint density at radius 1 is 0.486 bits per heavy atom. The molecular formula is C66H60N4O2. The third-order valence-corrected chi connectivity index (χ3v) is 14.3. The Morgan fingerprint density at radius 3 is 1.89 bits per heavy atom. The fourth-order valence-electron chi connectivity index (χ4n) is 10.4. The Morgan fingerprint density at radius 2 is 1.14 bits per heavy atom. The maximum atomic E-state index is 9.29. The van der Waals surface area contributed by atoms with Crippen LogP contribution in [0.3, 0.4) is 0 Å². The normalized spacial score (nSPS) is 14.2. The first-order chi connectivity index (χ1) is 36.2. The lowest BCUT2D eigenvalue weighted by Crippen LogP contribution is -2.25. The highest BCUT2D eigenvalue weighted by Gasteiger charge is 2.33. The Bertz CT molecular complexity index is 3960. The smallest absolute Gasteiger partial charge is 0.137 e. The molecule has 0 saturated carbocycles. The van der Waals surface area contributed by atoms with Gasteiger partial charge in [-0.2, -0.15) is 0 Å². The lowest BCUT2D eigenvalue weighted by Gasteiger charge is -2.30. The molecule has 2 aromatic heterocycles. The molecule has 6 nitrogen and oxygen atoms in total. The van der Waals surface area contributed by atoms with E-state index >= 15 is 0 Å². The maximum Gasteiger partial charge on any atom is 0.137 e. The molecule has 6 heteroatoms. The minimum absolute atomic E-state index is 0.0984. The zero-order chi connectivity index (χ0) is 53.2. The van der Waals surface area contributed by atoms with Gasteiger partial charge < -0.3 is 19.3 Å². The Balaban J connectivity index is 1.11. The quantitative estimate of drug-likeness (QED) is 0.164. The van der Waals surface area contributed by atoms with Crippen molar-refractivity contribution in [3.8, 4) is 62.2 Å². The summed E-state index contributed by atoms with van der Waals surface area (Å²) in [7, 11) is 0. The van der Waals surface area contributed by atoms with Crippen molar-refractivity contribution >= 4 is 44.6 Å². The Hall–Kier alpha value is -8.09. The summed E-state index contributed by atoms with van der Waals surface area (Å²) >= 11 is 0. The highest BCUT2D eigenvalue weighted by Crippen LogP contribution is 2.52. The summed E-state index contributed by atoms with van der Waals surface area (Å²) in [5.41, 5.74) is 14.3. The number of aromatic nitrogens is 2. The van der Waals surface area contributed by atoms with Gasteiger partial charge in [0.05, 0.1) is 33.6 Å². The van der Waals surface area contributed by atoms with E-state index in [0.29, 0.717) is 51.5 Å². The Labute approximate surface area is 429 Å². The molecule has 14 rings (SSSR count). The summed E-state index contributed by atoms with van der Waals surface area (Å²) < 4.78 is 51.6.